The fraction of sp³-hybridized carbons (Fsp3) is 0.0667. The maximum Gasteiger partial charge on any atom is 0.243 e. The Balaban J connectivity index is 2.00. The zero-order valence-corrected chi connectivity index (χ0v) is 13.1. The van der Waals surface area contributed by atoms with Gasteiger partial charge in [0, 0.05) is 10.0 Å². The quantitative estimate of drug-likeness (QED) is 0.791. The van der Waals surface area contributed by atoms with Gasteiger partial charge in [0.1, 0.15) is 0 Å². The molecule has 21 heavy (non-hydrogen) atoms. The first-order chi connectivity index (χ1) is 10.1. The van der Waals surface area contributed by atoms with E-state index in [1.807, 2.05) is 24.3 Å². The molecule has 0 saturated carbocycles. The lowest BCUT2D eigenvalue weighted by atomic mass is 10.3. The summed E-state index contributed by atoms with van der Waals surface area (Å²) in [4.78, 5) is 18.2. The molecule has 0 aliphatic carbocycles. The minimum Gasteiger partial charge on any atom is -0.273 e. The second-order valence-electron chi connectivity index (χ2n) is 4.37. The van der Waals surface area contributed by atoms with Gasteiger partial charge in [0.15, 0.2) is 5.17 Å². The highest BCUT2D eigenvalue weighted by molar-refractivity contribution is 8.15. The second-order valence-corrected chi connectivity index (χ2v) is 6.19. The maximum absolute atomic E-state index is 12.1. The maximum atomic E-state index is 12.1. The van der Waals surface area contributed by atoms with Crippen LogP contribution in [0.3, 0.4) is 0 Å². The van der Waals surface area contributed by atoms with E-state index >= 15 is 0 Å². The number of aliphatic imine (C=N–C) groups is 1. The van der Waals surface area contributed by atoms with Gasteiger partial charge < -0.3 is 0 Å². The molecule has 1 aliphatic heterocycles. The number of anilines is 1. The number of nitrogens with zero attached hydrogens (tertiary/aromatic N) is 2. The van der Waals surface area contributed by atoms with Crippen molar-refractivity contribution in [1.29, 1.82) is 0 Å². The summed E-state index contributed by atoms with van der Waals surface area (Å²) in [5, 5.41) is 1.82. The number of halogens is 2. The van der Waals surface area contributed by atoms with Crippen molar-refractivity contribution in [1.82, 2.24) is 0 Å². The molecule has 1 heterocycles. The molecule has 0 aromatic heterocycles. The van der Waals surface area contributed by atoms with Gasteiger partial charge in [0.25, 0.3) is 0 Å². The lowest BCUT2D eigenvalue weighted by molar-refractivity contribution is -0.115. The van der Waals surface area contributed by atoms with Crippen molar-refractivity contribution < 1.29 is 4.79 Å². The molecule has 0 radical (unpaired) electrons. The van der Waals surface area contributed by atoms with E-state index in [1.165, 1.54) is 11.8 Å². The van der Waals surface area contributed by atoms with Gasteiger partial charge in [-0.3, -0.25) is 9.69 Å². The van der Waals surface area contributed by atoms with Crippen LogP contribution in [0.1, 0.15) is 0 Å². The molecule has 3 rings (SSSR count). The van der Waals surface area contributed by atoms with Crippen LogP contribution in [0.5, 0.6) is 0 Å². The first-order valence-electron chi connectivity index (χ1n) is 6.19. The third kappa shape index (κ3) is 3.23. The summed E-state index contributed by atoms with van der Waals surface area (Å²) in [7, 11) is 0. The first kappa shape index (κ1) is 14.4. The normalized spacial score (nSPS) is 16.8. The number of benzene rings is 2. The van der Waals surface area contributed by atoms with E-state index in [9.17, 15) is 4.79 Å². The molecule has 1 saturated heterocycles. The van der Waals surface area contributed by atoms with Crippen LogP contribution in [0.25, 0.3) is 0 Å². The number of hydrogen-bond acceptors (Lipinski definition) is 3. The average Bonchev–Trinajstić information content (AvgIpc) is 2.80. The fourth-order valence-corrected chi connectivity index (χ4v) is 3.23. The van der Waals surface area contributed by atoms with Crippen LogP contribution in [-0.4, -0.2) is 16.8 Å². The molecule has 0 bridgehead atoms. The van der Waals surface area contributed by atoms with Crippen LogP contribution in [0, 0.1) is 0 Å². The molecule has 3 nitrogen and oxygen atoms in total. The van der Waals surface area contributed by atoms with Crippen LogP contribution in [-0.2, 0) is 4.79 Å². The highest BCUT2D eigenvalue weighted by Crippen LogP contribution is 2.30. The number of carbonyl (C=O) groups excluding carboxylic acids is 1. The predicted molar refractivity (Wildman–Crippen MR) is 89.9 cm³/mol. The number of thioether (sulfide) groups is 1. The minimum atomic E-state index is -0.0111. The summed E-state index contributed by atoms with van der Waals surface area (Å²) in [5.74, 6) is 0.356. The summed E-state index contributed by atoms with van der Waals surface area (Å²) in [6.07, 6.45) is 0. The zero-order chi connectivity index (χ0) is 14.8. The zero-order valence-electron chi connectivity index (χ0n) is 10.8. The van der Waals surface area contributed by atoms with Gasteiger partial charge in [-0.15, -0.1) is 0 Å². The van der Waals surface area contributed by atoms with Crippen molar-refractivity contribution in [2.75, 3.05) is 10.7 Å². The summed E-state index contributed by atoms with van der Waals surface area (Å²) >= 11 is 13.4. The van der Waals surface area contributed by atoms with Crippen molar-refractivity contribution >= 4 is 57.4 Å². The number of amides is 1. The lowest BCUT2D eigenvalue weighted by Gasteiger charge is -2.16. The molecule has 106 valence electrons. The smallest absolute Gasteiger partial charge is 0.243 e. The molecule has 2 aromatic rings. The van der Waals surface area contributed by atoms with Gasteiger partial charge in [-0.05, 0) is 36.4 Å². The Morgan fingerprint density at radius 1 is 1.05 bits per heavy atom. The van der Waals surface area contributed by atoms with Gasteiger partial charge in [-0.1, -0.05) is 47.1 Å². The van der Waals surface area contributed by atoms with Crippen LogP contribution in [0.15, 0.2) is 53.5 Å². The Hall–Kier alpha value is -1.49. The predicted octanol–water partition coefficient (Wildman–Crippen LogP) is 4.76. The molecule has 1 aliphatic rings. The third-order valence-corrected chi connectivity index (χ3v) is 4.26. The monoisotopic (exact) mass is 336 g/mol. The summed E-state index contributed by atoms with van der Waals surface area (Å²) in [5.41, 5.74) is 1.44. The van der Waals surface area contributed by atoms with Crippen LogP contribution in [0.2, 0.25) is 10.0 Å². The van der Waals surface area contributed by atoms with Gasteiger partial charge >= 0.3 is 0 Å². The number of hydrogen-bond donors (Lipinski definition) is 0. The highest BCUT2D eigenvalue weighted by Gasteiger charge is 2.29. The molecule has 6 heteroatoms. The van der Waals surface area contributed by atoms with Crippen molar-refractivity contribution in [3.05, 3.63) is 58.6 Å². The van der Waals surface area contributed by atoms with E-state index in [0.29, 0.717) is 26.7 Å². The van der Waals surface area contributed by atoms with E-state index in [0.717, 1.165) is 5.69 Å². The Morgan fingerprint density at radius 2 is 1.76 bits per heavy atom. The van der Waals surface area contributed by atoms with E-state index in [2.05, 4.69) is 4.99 Å². The van der Waals surface area contributed by atoms with E-state index < -0.39 is 0 Å². The number of amidine groups is 1. The van der Waals surface area contributed by atoms with Crippen molar-refractivity contribution in [3.8, 4) is 0 Å². The molecule has 0 unspecified atom stereocenters. The largest absolute Gasteiger partial charge is 0.273 e. The average molecular weight is 337 g/mol. The Kier molecular flexibility index (Phi) is 4.19. The molecule has 0 N–H and O–H groups in total. The van der Waals surface area contributed by atoms with Gasteiger partial charge in [-0.25, -0.2) is 4.99 Å². The molecular formula is C15H10Cl2N2OS. The van der Waals surface area contributed by atoms with E-state index in [4.69, 9.17) is 23.2 Å². The van der Waals surface area contributed by atoms with Gasteiger partial charge in [0.05, 0.1) is 17.1 Å². The molecular weight excluding hydrogens is 327 g/mol. The number of carbonyl (C=O) groups is 1. The Labute approximate surface area is 136 Å². The lowest BCUT2D eigenvalue weighted by Crippen LogP contribution is -2.29. The summed E-state index contributed by atoms with van der Waals surface area (Å²) in [6, 6.07) is 14.4. The third-order valence-electron chi connectivity index (χ3n) is 2.86. The Morgan fingerprint density at radius 3 is 2.48 bits per heavy atom. The molecule has 2 aromatic carbocycles. The van der Waals surface area contributed by atoms with Crippen molar-refractivity contribution in [2.24, 2.45) is 4.99 Å². The van der Waals surface area contributed by atoms with Crippen LogP contribution in [0.4, 0.5) is 11.4 Å². The summed E-state index contributed by atoms with van der Waals surface area (Å²) < 4.78 is 0. The fourth-order valence-electron chi connectivity index (χ4n) is 1.97. The molecule has 1 fully saturated rings. The van der Waals surface area contributed by atoms with E-state index in [-0.39, 0.29) is 5.91 Å². The molecule has 1 amide bonds. The van der Waals surface area contributed by atoms with Crippen LogP contribution >= 0.6 is 35.0 Å². The SMILES string of the molecule is O=C1CSC(=Nc2cccc(Cl)c2)N1c1cccc(Cl)c1. The van der Waals surface area contributed by atoms with Crippen molar-refractivity contribution in [3.63, 3.8) is 0 Å². The van der Waals surface area contributed by atoms with Crippen molar-refractivity contribution in [2.45, 2.75) is 0 Å². The second kappa shape index (κ2) is 6.10. The first-order valence-corrected chi connectivity index (χ1v) is 7.93. The minimum absolute atomic E-state index is 0.0111. The number of rotatable bonds is 2. The Bertz CT molecular complexity index is 733. The van der Waals surface area contributed by atoms with E-state index in [1.54, 1.807) is 29.2 Å². The van der Waals surface area contributed by atoms with Gasteiger partial charge in [0.2, 0.25) is 5.91 Å². The standard InChI is InChI=1S/C15H10Cl2N2OS/c16-10-3-1-5-12(7-10)18-15-19(14(20)9-21-15)13-6-2-4-11(17)8-13/h1-8H,9H2. The molecule has 0 atom stereocenters. The topological polar surface area (TPSA) is 32.7 Å². The van der Waals surface area contributed by atoms with Crippen LogP contribution < -0.4 is 4.90 Å². The molecule has 0 spiro atoms. The van der Waals surface area contributed by atoms with Gasteiger partial charge in [-0.2, -0.15) is 0 Å². The summed E-state index contributed by atoms with van der Waals surface area (Å²) in [6.45, 7) is 0. The highest BCUT2D eigenvalue weighted by atomic mass is 35.5.